The summed E-state index contributed by atoms with van der Waals surface area (Å²) in [5, 5.41) is 1.26. The number of piperidine rings is 1. The van der Waals surface area contributed by atoms with E-state index in [-0.39, 0.29) is 6.04 Å². The average molecular weight is 420 g/mol. The Hall–Kier alpha value is -1.45. The molecule has 0 saturated carbocycles. The highest BCUT2D eigenvalue weighted by Crippen LogP contribution is 2.44. The summed E-state index contributed by atoms with van der Waals surface area (Å²) in [5.74, 6) is 0. The summed E-state index contributed by atoms with van der Waals surface area (Å²) >= 11 is 0. The quantitative estimate of drug-likeness (QED) is 0.826. The Balaban J connectivity index is 1.38. The number of fused-ring (bicyclic) bond motifs is 4. The fourth-order valence-electron chi connectivity index (χ4n) is 5.36. The Morgan fingerprint density at radius 3 is 2.83 bits per heavy atom. The zero-order valence-corrected chi connectivity index (χ0v) is 17.7. The van der Waals surface area contributed by atoms with Crippen LogP contribution < -0.4 is 0 Å². The molecule has 1 aromatic heterocycles. The van der Waals surface area contributed by atoms with Crippen LogP contribution in [0.2, 0.25) is 0 Å². The molecule has 3 aliphatic rings. The number of hydrogen-bond donors (Lipinski definition) is 1. The second kappa shape index (κ2) is 7.35. The summed E-state index contributed by atoms with van der Waals surface area (Å²) in [4.78, 5) is 3.59. The maximum absolute atomic E-state index is 13.3. The molecular weight excluding hydrogens is 390 g/mol. The lowest BCUT2D eigenvalue weighted by atomic mass is 9.84. The molecule has 8 heteroatoms. The maximum Gasteiger partial charge on any atom is 0.282 e. The van der Waals surface area contributed by atoms with Gasteiger partial charge < -0.3 is 14.5 Å². The number of hydrogen-bond acceptors (Lipinski definition) is 4. The minimum Gasteiger partial charge on any atom is -0.383 e. The average Bonchev–Trinajstić information content (AvgIpc) is 3.35. The molecule has 29 heavy (non-hydrogen) atoms. The van der Waals surface area contributed by atoms with Crippen molar-refractivity contribution in [3.05, 3.63) is 35.5 Å². The molecule has 2 saturated heterocycles. The van der Waals surface area contributed by atoms with Gasteiger partial charge in [-0.25, -0.2) is 0 Å². The molecule has 1 atom stereocenters. The highest BCUT2D eigenvalue weighted by molar-refractivity contribution is 7.86. The summed E-state index contributed by atoms with van der Waals surface area (Å²) < 4.78 is 41.4. The minimum atomic E-state index is -3.47. The van der Waals surface area contributed by atoms with Crippen LogP contribution in [-0.2, 0) is 31.7 Å². The van der Waals surface area contributed by atoms with Crippen LogP contribution in [0, 0.1) is 0 Å². The molecule has 0 aliphatic carbocycles. The van der Waals surface area contributed by atoms with Crippen LogP contribution >= 0.6 is 0 Å². The molecule has 2 aromatic rings. The molecule has 7 nitrogen and oxygen atoms in total. The monoisotopic (exact) mass is 419 g/mol. The third-order valence-electron chi connectivity index (χ3n) is 6.83. The number of ether oxygens (including phenoxy) is 2. The molecule has 0 bridgehead atoms. The van der Waals surface area contributed by atoms with Gasteiger partial charge in [-0.1, -0.05) is 18.2 Å². The van der Waals surface area contributed by atoms with E-state index in [9.17, 15) is 8.42 Å². The Labute approximate surface area is 172 Å². The third-order valence-corrected chi connectivity index (χ3v) is 8.93. The zero-order valence-electron chi connectivity index (χ0n) is 16.9. The Morgan fingerprint density at radius 1 is 1.24 bits per heavy atom. The van der Waals surface area contributed by atoms with Crippen molar-refractivity contribution in [1.82, 2.24) is 13.6 Å². The van der Waals surface area contributed by atoms with Crippen LogP contribution in [0.4, 0.5) is 0 Å². The molecule has 4 heterocycles. The number of benzene rings is 1. The predicted octanol–water partition coefficient (Wildman–Crippen LogP) is 2.39. The Morgan fingerprint density at radius 2 is 2.03 bits per heavy atom. The number of nitrogens with one attached hydrogen (secondary N) is 1. The van der Waals surface area contributed by atoms with Gasteiger partial charge in [-0.2, -0.15) is 17.0 Å². The molecule has 3 aliphatic heterocycles. The molecular formula is C21H29N3O4S. The van der Waals surface area contributed by atoms with Gasteiger partial charge in [0.1, 0.15) is 5.60 Å². The van der Waals surface area contributed by atoms with Crippen LogP contribution in [0.1, 0.15) is 36.9 Å². The highest BCUT2D eigenvalue weighted by Gasteiger charge is 2.47. The van der Waals surface area contributed by atoms with Crippen LogP contribution in [-0.4, -0.2) is 68.0 Å². The van der Waals surface area contributed by atoms with E-state index in [1.807, 2.05) is 6.07 Å². The molecule has 1 unspecified atom stereocenters. The lowest BCUT2D eigenvalue weighted by molar-refractivity contribution is -0.0919. The van der Waals surface area contributed by atoms with Crippen molar-refractivity contribution in [1.29, 1.82) is 0 Å². The first kappa shape index (κ1) is 19.5. The fourth-order valence-corrected chi connectivity index (χ4v) is 7.21. The molecule has 5 rings (SSSR count). The number of nitrogens with zero attached hydrogens (tertiary/aromatic N) is 2. The molecule has 2 fully saturated rings. The minimum absolute atomic E-state index is 0.0490. The molecule has 0 amide bonds. The third kappa shape index (κ3) is 3.13. The summed E-state index contributed by atoms with van der Waals surface area (Å²) in [7, 11) is -1.84. The van der Waals surface area contributed by atoms with Gasteiger partial charge in [0.05, 0.1) is 18.9 Å². The number of aromatic amines is 1. The summed E-state index contributed by atoms with van der Waals surface area (Å²) in [6, 6.07) is 8.32. The standard InChI is InChI=1S/C21H29N3O4S/c1-27-15-16-5-4-11-24(16)29(25,26)23-12-9-21(10-13-23)20-18(8-14-28-21)17-6-2-3-7-19(17)22-20/h2-3,6-7,16,22H,4-5,8-15H2,1H3. The topological polar surface area (TPSA) is 74.9 Å². The number of rotatable bonds is 4. The maximum atomic E-state index is 13.3. The van der Waals surface area contributed by atoms with Gasteiger partial charge in [0, 0.05) is 43.7 Å². The lowest BCUT2D eigenvalue weighted by Gasteiger charge is -2.44. The Kier molecular flexibility index (Phi) is 4.95. The van der Waals surface area contributed by atoms with Crippen LogP contribution in [0.25, 0.3) is 10.9 Å². The van der Waals surface area contributed by atoms with Crippen LogP contribution in [0.3, 0.4) is 0 Å². The molecule has 158 valence electrons. The van der Waals surface area contributed by atoms with E-state index in [0.717, 1.165) is 30.5 Å². The van der Waals surface area contributed by atoms with Crippen molar-refractivity contribution < 1.29 is 17.9 Å². The van der Waals surface area contributed by atoms with E-state index in [0.29, 0.717) is 45.7 Å². The summed E-state index contributed by atoms with van der Waals surface area (Å²) in [5.41, 5.74) is 3.22. The van der Waals surface area contributed by atoms with Crippen molar-refractivity contribution in [3.63, 3.8) is 0 Å². The van der Waals surface area contributed by atoms with E-state index in [1.165, 1.54) is 10.9 Å². The van der Waals surface area contributed by atoms with Crippen molar-refractivity contribution in [3.8, 4) is 0 Å². The van der Waals surface area contributed by atoms with Crippen molar-refractivity contribution in [2.24, 2.45) is 0 Å². The molecule has 1 aromatic carbocycles. The van der Waals surface area contributed by atoms with Crippen molar-refractivity contribution in [2.75, 3.05) is 40.0 Å². The number of H-pyrrole nitrogens is 1. The van der Waals surface area contributed by atoms with E-state index in [1.54, 1.807) is 15.7 Å². The van der Waals surface area contributed by atoms with E-state index in [4.69, 9.17) is 9.47 Å². The lowest BCUT2D eigenvalue weighted by Crippen LogP contribution is -2.53. The summed E-state index contributed by atoms with van der Waals surface area (Å²) in [6.45, 7) is 2.68. The van der Waals surface area contributed by atoms with Crippen LogP contribution in [0.15, 0.2) is 24.3 Å². The van der Waals surface area contributed by atoms with Gasteiger partial charge >= 0.3 is 0 Å². The first-order valence-electron chi connectivity index (χ1n) is 10.5. The molecule has 0 radical (unpaired) electrons. The van der Waals surface area contributed by atoms with Gasteiger partial charge in [0.25, 0.3) is 10.2 Å². The van der Waals surface area contributed by atoms with Gasteiger partial charge in [0.15, 0.2) is 0 Å². The largest absolute Gasteiger partial charge is 0.383 e. The van der Waals surface area contributed by atoms with E-state index in [2.05, 4.69) is 23.2 Å². The first-order chi connectivity index (χ1) is 14.0. The number of methoxy groups -OCH3 is 1. The Bertz CT molecular complexity index is 995. The fraction of sp³-hybridized carbons (Fsp3) is 0.619. The normalized spacial score (nSPS) is 25.6. The predicted molar refractivity (Wildman–Crippen MR) is 111 cm³/mol. The van der Waals surface area contributed by atoms with Crippen molar-refractivity contribution >= 4 is 21.1 Å². The second-order valence-corrected chi connectivity index (χ2v) is 10.3. The van der Waals surface area contributed by atoms with E-state index < -0.39 is 15.8 Å². The molecule has 1 spiro atoms. The van der Waals surface area contributed by atoms with Gasteiger partial charge in [-0.15, -0.1) is 0 Å². The van der Waals surface area contributed by atoms with Gasteiger partial charge in [-0.3, -0.25) is 0 Å². The summed E-state index contributed by atoms with van der Waals surface area (Å²) in [6.07, 6.45) is 4.01. The second-order valence-electron chi connectivity index (χ2n) is 8.39. The highest BCUT2D eigenvalue weighted by atomic mass is 32.2. The first-order valence-corrected chi connectivity index (χ1v) is 11.9. The van der Waals surface area contributed by atoms with E-state index >= 15 is 0 Å². The smallest absolute Gasteiger partial charge is 0.282 e. The molecule has 1 N–H and O–H groups in total. The SMILES string of the molecule is COCC1CCCN1S(=O)(=O)N1CCC2(CC1)OCCc1c2[nH]c2ccccc12. The van der Waals surface area contributed by atoms with Crippen LogP contribution in [0.5, 0.6) is 0 Å². The van der Waals surface area contributed by atoms with Gasteiger partial charge in [-0.05, 0) is 43.7 Å². The number of para-hydroxylation sites is 1. The van der Waals surface area contributed by atoms with Crippen molar-refractivity contribution in [2.45, 2.75) is 43.7 Å². The zero-order chi connectivity index (χ0) is 20.1. The number of aromatic nitrogens is 1. The van der Waals surface area contributed by atoms with Gasteiger partial charge in [0.2, 0.25) is 0 Å².